The molecule has 0 spiro atoms. The number of nitrogens with one attached hydrogen (secondary N) is 1. The Hall–Kier alpha value is -2.17. The normalized spacial score (nSPS) is 14.1. The average molecular weight is 367 g/mol. The van der Waals surface area contributed by atoms with Gasteiger partial charge in [0.25, 0.3) is 0 Å². The summed E-state index contributed by atoms with van der Waals surface area (Å²) in [6.45, 7) is 4.00. The fraction of sp³-hybridized carbons (Fsp3) is 0.273. The molecule has 134 valence electrons. The molecule has 1 N–H and O–H groups in total. The Labute approximate surface area is 158 Å². The summed E-state index contributed by atoms with van der Waals surface area (Å²) in [7, 11) is 0. The summed E-state index contributed by atoms with van der Waals surface area (Å²) < 4.78 is 13.9. The van der Waals surface area contributed by atoms with Crippen molar-refractivity contribution in [1.29, 1.82) is 0 Å². The van der Waals surface area contributed by atoms with Crippen molar-refractivity contribution in [3.63, 3.8) is 0 Å². The molecule has 0 amide bonds. The minimum Gasteiger partial charge on any atom is -0.372 e. The number of anilines is 1. The monoisotopic (exact) mass is 366 g/mol. The fourth-order valence-corrected chi connectivity index (χ4v) is 4.41. The van der Waals surface area contributed by atoms with Crippen LogP contribution in [0.3, 0.4) is 0 Å². The Kier molecular flexibility index (Phi) is 5.32. The smallest absolute Gasteiger partial charge is 0.131 e. The number of hydrogen-bond acceptors (Lipinski definition) is 3. The number of rotatable bonds is 6. The minimum atomic E-state index is -0.160. The first-order chi connectivity index (χ1) is 12.8. The topological polar surface area (TPSA) is 15.3 Å². The average Bonchev–Trinajstić information content (AvgIpc) is 3.35. The first-order valence-electron chi connectivity index (χ1n) is 9.18. The Balaban J connectivity index is 1.31. The van der Waals surface area contributed by atoms with Gasteiger partial charge >= 0.3 is 0 Å². The van der Waals surface area contributed by atoms with Gasteiger partial charge in [0.15, 0.2) is 0 Å². The zero-order chi connectivity index (χ0) is 17.8. The SMILES string of the molecule is Fc1ccccc1-c1ccc(CNCc2ccc(N3CCCC3)cc2)s1. The summed E-state index contributed by atoms with van der Waals surface area (Å²) in [6.07, 6.45) is 2.61. The Morgan fingerprint density at radius 3 is 2.42 bits per heavy atom. The summed E-state index contributed by atoms with van der Waals surface area (Å²) in [5.41, 5.74) is 3.30. The molecular weight excluding hydrogens is 343 g/mol. The van der Waals surface area contributed by atoms with Crippen LogP contribution in [0.2, 0.25) is 0 Å². The molecule has 1 aromatic heterocycles. The van der Waals surface area contributed by atoms with Crippen molar-refractivity contribution in [2.45, 2.75) is 25.9 Å². The lowest BCUT2D eigenvalue weighted by Crippen LogP contribution is -2.17. The predicted molar refractivity (Wildman–Crippen MR) is 108 cm³/mol. The van der Waals surface area contributed by atoms with Crippen molar-refractivity contribution in [3.8, 4) is 10.4 Å². The van der Waals surface area contributed by atoms with Gasteiger partial charge in [-0.25, -0.2) is 4.39 Å². The van der Waals surface area contributed by atoms with Gasteiger partial charge in [0.1, 0.15) is 5.82 Å². The van der Waals surface area contributed by atoms with Crippen LogP contribution in [-0.4, -0.2) is 13.1 Å². The highest BCUT2D eigenvalue weighted by molar-refractivity contribution is 7.15. The molecule has 2 nitrogen and oxygen atoms in total. The van der Waals surface area contributed by atoms with E-state index in [2.05, 4.69) is 40.5 Å². The van der Waals surface area contributed by atoms with Crippen LogP contribution < -0.4 is 10.2 Å². The van der Waals surface area contributed by atoms with Crippen LogP contribution in [0.1, 0.15) is 23.3 Å². The van der Waals surface area contributed by atoms with Crippen molar-refractivity contribution in [3.05, 3.63) is 76.9 Å². The molecule has 3 aromatic rings. The van der Waals surface area contributed by atoms with Gasteiger partial charge < -0.3 is 10.2 Å². The van der Waals surface area contributed by atoms with E-state index in [4.69, 9.17) is 0 Å². The summed E-state index contributed by atoms with van der Waals surface area (Å²) in [5.74, 6) is -0.160. The van der Waals surface area contributed by atoms with Crippen molar-refractivity contribution < 1.29 is 4.39 Å². The third kappa shape index (κ3) is 3.97. The van der Waals surface area contributed by atoms with Gasteiger partial charge in [-0.3, -0.25) is 0 Å². The first-order valence-corrected chi connectivity index (χ1v) is 9.99. The summed E-state index contributed by atoms with van der Waals surface area (Å²) in [5, 5.41) is 3.49. The molecule has 0 atom stereocenters. The molecule has 0 unspecified atom stereocenters. The van der Waals surface area contributed by atoms with Crippen molar-refractivity contribution >= 4 is 17.0 Å². The second-order valence-corrected chi connectivity index (χ2v) is 7.88. The van der Waals surface area contributed by atoms with Gasteiger partial charge in [0.2, 0.25) is 0 Å². The van der Waals surface area contributed by atoms with Gasteiger partial charge in [-0.2, -0.15) is 0 Å². The molecule has 2 aromatic carbocycles. The molecular formula is C22H23FN2S. The van der Waals surface area contributed by atoms with E-state index in [0.717, 1.165) is 18.0 Å². The quantitative estimate of drug-likeness (QED) is 0.624. The summed E-state index contributed by atoms with van der Waals surface area (Å²) in [6, 6.07) is 19.9. The van der Waals surface area contributed by atoms with Gasteiger partial charge in [-0.1, -0.05) is 30.3 Å². The third-order valence-electron chi connectivity index (χ3n) is 4.84. The van der Waals surface area contributed by atoms with E-state index in [1.54, 1.807) is 17.4 Å². The van der Waals surface area contributed by atoms with Crippen LogP contribution in [0.4, 0.5) is 10.1 Å². The van der Waals surface area contributed by atoms with Gasteiger partial charge in [0, 0.05) is 47.2 Å². The number of nitrogens with zero attached hydrogens (tertiary/aromatic N) is 1. The maximum atomic E-state index is 13.9. The molecule has 1 fully saturated rings. The van der Waals surface area contributed by atoms with Crippen LogP contribution in [0.15, 0.2) is 60.7 Å². The van der Waals surface area contributed by atoms with Gasteiger partial charge in [0.05, 0.1) is 0 Å². The Bertz CT molecular complexity index is 851. The predicted octanol–water partition coefficient (Wildman–Crippen LogP) is 5.44. The van der Waals surface area contributed by atoms with E-state index >= 15 is 0 Å². The van der Waals surface area contributed by atoms with Crippen molar-refractivity contribution in [2.24, 2.45) is 0 Å². The van der Waals surface area contributed by atoms with E-state index in [9.17, 15) is 4.39 Å². The zero-order valence-corrected chi connectivity index (χ0v) is 15.6. The number of benzene rings is 2. The van der Waals surface area contributed by atoms with E-state index in [1.165, 1.54) is 48.1 Å². The molecule has 0 radical (unpaired) electrons. The van der Waals surface area contributed by atoms with E-state index in [1.807, 2.05) is 18.2 Å². The van der Waals surface area contributed by atoms with Crippen LogP contribution in [0, 0.1) is 5.82 Å². The summed E-state index contributed by atoms with van der Waals surface area (Å²) >= 11 is 1.65. The van der Waals surface area contributed by atoms with Crippen LogP contribution in [0.5, 0.6) is 0 Å². The molecule has 4 heteroatoms. The number of halogens is 1. The zero-order valence-electron chi connectivity index (χ0n) is 14.7. The maximum absolute atomic E-state index is 13.9. The van der Waals surface area contributed by atoms with E-state index < -0.39 is 0 Å². The lowest BCUT2D eigenvalue weighted by atomic mass is 10.2. The molecule has 1 saturated heterocycles. The second-order valence-electron chi connectivity index (χ2n) is 6.71. The molecule has 0 saturated carbocycles. The largest absolute Gasteiger partial charge is 0.372 e. The lowest BCUT2D eigenvalue weighted by Gasteiger charge is -2.17. The van der Waals surface area contributed by atoms with Gasteiger partial charge in [-0.15, -0.1) is 11.3 Å². The fourth-order valence-electron chi connectivity index (χ4n) is 3.41. The maximum Gasteiger partial charge on any atom is 0.131 e. The third-order valence-corrected chi connectivity index (χ3v) is 5.96. The van der Waals surface area contributed by atoms with E-state index in [-0.39, 0.29) is 5.82 Å². The van der Waals surface area contributed by atoms with Crippen molar-refractivity contribution in [1.82, 2.24) is 5.32 Å². The molecule has 1 aliphatic heterocycles. The van der Waals surface area contributed by atoms with Crippen LogP contribution >= 0.6 is 11.3 Å². The Morgan fingerprint density at radius 1 is 0.885 bits per heavy atom. The molecule has 4 rings (SSSR count). The molecule has 0 bridgehead atoms. The van der Waals surface area contributed by atoms with Gasteiger partial charge in [-0.05, 0) is 48.7 Å². The highest BCUT2D eigenvalue weighted by Gasteiger charge is 2.11. The lowest BCUT2D eigenvalue weighted by molar-refractivity contribution is 0.631. The van der Waals surface area contributed by atoms with Crippen LogP contribution in [-0.2, 0) is 13.1 Å². The second kappa shape index (κ2) is 8.02. The molecule has 0 aliphatic carbocycles. The Morgan fingerprint density at radius 2 is 1.65 bits per heavy atom. The molecule has 2 heterocycles. The molecule has 26 heavy (non-hydrogen) atoms. The first kappa shape index (κ1) is 17.3. The standard InChI is InChI=1S/C22H23FN2S/c23-21-6-2-1-5-20(21)22-12-11-19(26-22)16-24-15-17-7-9-18(10-8-17)25-13-3-4-14-25/h1-2,5-12,24H,3-4,13-16H2. The summed E-state index contributed by atoms with van der Waals surface area (Å²) in [4.78, 5) is 4.65. The van der Waals surface area contributed by atoms with Crippen molar-refractivity contribution in [2.75, 3.05) is 18.0 Å². The van der Waals surface area contributed by atoms with E-state index in [0.29, 0.717) is 5.56 Å². The highest BCUT2D eigenvalue weighted by Crippen LogP contribution is 2.30. The number of hydrogen-bond donors (Lipinski definition) is 1. The number of thiophene rings is 1. The highest BCUT2D eigenvalue weighted by atomic mass is 32.1. The minimum absolute atomic E-state index is 0.160. The van der Waals surface area contributed by atoms with Crippen LogP contribution in [0.25, 0.3) is 10.4 Å². The molecule has 1 aliphatic rings.